The fourth-order valence-electron chi connectivity index (χ4n) is 1.43. The molecule has 0 radical (unpaired) electrons. The maximum absolute atomic E-state index is 9.57. The minimum Gasteiger partial charge on any atom is -0.388 e. The van der Waals surface area contributed by atoms with Crippen molar-refractivity contribution in [2.24, 2.45) is 0 Å². The van der Waals surface area contributed by atoms with E-state index in [0.717, 1.165) is 0 Å². The van der Waals surface area contributed by atoms with Crippen LogP contribution in [-0.2, 0) is 9.57 Å². The Morgan fingerprint density at radius 3 is 2.21 bits per heavy atom. The minimum atomic E-state index is -1.22. The maximum atomic E-state index is 9.57. The summed E-state index contributed by atoms with van der Waals surface area (Å²) in [6.45, 7) is 1.62. The molecule has 5 atom stereocenters. The molecule has 84 valence electrons. The zero-order valence-corrected chi connectivity index (χ0v) is 8.49. The summed E-state index contributed by atoms with van der Waals surface area (Å²) < 4.78 is 5.27. The Labute approximate surface area is 82.6 Å². The fourth-order valence-corrected chi connectivity index (χ4v) is 1.43. The maximum Gasteiger partial charge on any atom is 0.161 e. The SMILES string of the molecule is CON(C)[C@@H]1OC(C)[C@H](O)C(O)C1O. The molecule has 0 aromatic carbocycles. The van der Waals surface area contributed by atoms with Crippen LogP contribution in [0.2, 0.25) is 0 Å². The average Bonchev–Trinajstić information content (AvgIpc) is 2.19. The number of hydroxylamine groups is 2. The van der Waals surface area contributed by atoms with Gasteiger partial charge in [0, 0.05) is 7.05 Å². The van der Waals surface area contributed by atoms with Crippen LogP contribution in [0.3, 0.4) is 0 Å². The van der Waals surface area contributed by atoms with Gasteiger partial charge in [-0.1, -0.05) is 0 Å². The third kappa shape index (κ3) is 2.05. The topological polar surface area (TPSA) is 82.4 Å². The van der Waals surface area contributed by atoms with E-state index in [1.54, 1.807) is 14.0 Å². The zero-order valence-electron chi connectivity index (χ0n) is 8.49. The van der Waals surface area contributed by atoms with E-state index in [9.17, 15) is 15.3 Å². The lowest BCUT2D eigenvalue weighted by Crippen LogP contribution is -2.60. The number of ether oxygens (including phenoxy) is 1. The Hall–Kier alpha value is -0.240. The van der Waals surface area contributed by atoms with E-state index in [-0.39, 0.29) is 0 Å². The van der Waals surface area contributed by atoms with Crippen molar-refractivity contribution in [1.29, 1.82) is 0 Å². The predicted octanol–water partition coefficient (Wildman–Crippen LogP) is -1.69. The Balaban J connectivity index is 2.70. The van der Waals surface area contributed by atoms with E-state index in [1.807, 2.05) is 0 Å². The van der Waals surface area contributed by atoms with Crippen molar-refractivity contribution in [1.82, 2.24) is 5.06 Å². The molecule has 0 spiro atoms. The first kappa shape index (κ1) is 11.8. The highest BCUT2D eigenvalue weighted by atomic mass is 16.7. The predicted molar refractivity (Wildman–Crippen MR) is 47.1 cm³/mol. The molecule has 0 aliphatic carbocycles. The van der Waals surface area contributed by atoms with Crippen LogP contribution in [-0.4, -0.2) is 65.2 Å². The highest BCUT2D eigenvalue weighted by molar-refractivity contribution is 4.88. The number of hydrogen-bond donors (Lipinski definition) is 3. The van der Waals surface area contributed by atoms with Crippen LogP contribution < -0.4 is 0 Å². The first-order valence-electron chi connectivity index (χ1n) is 4.45. The Kier molecular flexibility index (Phi) is 3.82. The second-order valence-corrected chi connectivity index (χ2v) is 3.43. The molecular weight excluding hydrogens is 190 g/mol. The molecule has 0 amide bonds. The van der Waals surface area contributed by atoms with Crippen molar-refractivity contribution in [3.05, 3.63) is 0 Å². The molecule has 1 aliphatic heterocycles. The molecule has 6 nitrogen and oxygen atoms in total. The molecule has 3 unspecified atom stereocenters. The summed E-state index contributed by atoms with van der Waals surface area (Å²) >= 11 is 0. The zero-order chi connectivity index (χ0) is 10.9. The summed E-state index contributed by atoms with van der Waals surface area (Å²) in [5.74, 6) is 0. The van der Waals surface area contributed by atoms with Crippen LogP contribution in [0.4, 0.5) is 0 Å². The van der Waals surface area contributed by atoms with Crippen LogP contribution >= 0.6 is 0 Å². The van der Waals surface area contributed by atoms with Crippen LogP contribution in [0.1, 0.15) is 6.92 Å². The van der Waals surface area contributed by atoms with Crippen molar-refractivity contribution in [2.75, 3.05) is 14.2 Å². The lowest BCUT2D eigenvalue weighted by Gasteiger charge is -2.41. The van der Waals surface area contributed by atoms with Crippen molar-refractivity contribution in [3.8, 4) is 0 Å². The summed E-state index contributed by atoms with van der Waals surface area (Å²) in [7, 11) is 3.00. The number of aliphatic hydroxyl groups excluding tert-OH is 3. The summed E-state index contributed by atoms with van der Waals surface area (Å²) in [6, 6.07) is 0. The second kappa shape index (κ2) is 4.52. The van der Waals surface area contributed by atoms with E-state index in [0.29, 0.717) is 0 Å². The van der Waals surface area contributed by atoms with Gasteiger partial charge in [0.25, 0.3) is 0 Å². The van der Waals surface area contributed by atoms with Crippen molar-refractivity contribution in [2.45, 2.75) is 37.6 Å². The minimum absolute atomic E-state index is 0.545. The fraction of sp³-hybridized carbons (Fsp3) is 1.00. The Morgan fingerprint density at radius 1 is 1.14 bits per heavy atom. The van der Waals surface area contributed by atoms with Gasteiger partial charge in [-0.15, -0.1) is 0 Å². The molecule has 0 bridgehead atoms. The van der Waals surface area contributed by atoms with Crippen LogP contribution in [0.5, 0.6) is 0 Å². The van der Waals surface area contributed by atoms with Gasteiger partial charge in [0.15, 0.2) is 6.23 Å². The van der Waals surface area contributed by atoms with Gasteiger partial charge >= 0.3 is 0 Å². The van der Waals surface area contributed by atoms with E-state index in [2.05, 4.69) is 0 Å². The van der Waals surface area contributed by atoms with Gasteiger partial charge in [0.05, 0.1) is 13.2 Å². The standard InChI is InChI=1S/C8H17NO5/c1-4-5(10)6(11)7(12)8(14-4)9(2)13-3/h4-8,10-12H,1-3H3/t4?,5-,6?,7?,8+/m0/s1. The van der Waals surface area contributed by atoms with Gasteiger partial charge in [0.2, 0.25) is 0 Å². The summed E-state index contributed by atoms with van der Waals surface area (Å²) in [4.78, 5) is 4.85. The summed E-state index contributed by atoms with van der Waals surface area (Å²) in [5, 5.41) is 29.7. The average molecular weight is 207 g/mol. The van der Waals surface area contributed by atoms with Crippen LogP contribution in [0.25, 0.3) is 0 Å². The molecule has 14 heavy (non-hydrogen) atoms. The number of rotatable bonds is 2. The van der Waals surface area contributed by atoms with Crippen LogP contribution in [0.15, 0.2) is 0 Å². The Bertz CT molecular complexity index is 191. The van der Waals surface area contributed by atoms with Gasteiger partial charge in [-0.25, -0.2) is 0 Å². The third-order valence-corrected chi connectivity index (χ3v) is 2.47. The van der Waals surface area contributed by atoms with E-state index < -0.39 is 30.6 Å². The van der Waals surface area contributed by atoms with Crippen molar-refractivity contribution < 1.29 is 24.9 Å². The van der Waals surface area contributed by atoms with Gasteiger partial charge in [-0.2, -0.15) is 5.06 Å². The molecule has 0 aromatic rings. The molecular formula is C8H17NO5. The van der Waals surface area contributed by atoms with E-state index in [4.69, 9.17) is 9.57 Å². The van der Waals surface area contributed by atoms with Gasteiger partial charge < -0.3 is 20.1 Å². The molecule has 0 aromatic heterocycles. The molecule has 0 saturated carbocycles. The number of aliphatic hydroxyl groups is 3. The third-order valence-electron chi connectivity index (χ3n) is 2.47. The molecule has 6 heteroatoms. The highest BCUT2D eigenvalue weighted by Gasteiger charge is 2.43. The lowest BCUT2D eigenvalue weighted by molar-refractivity contribution is -0.314. The molecule has 3 N–H and O–H groups in total. The molecule has 1 rings (SSSR count). The molecule has 1 aliphatic rings. The smallest absolute Gasteiger partial charge is 0.161 e. The van der Waals surface area contributed by atoms with Crippen LogP contribution in [0, 0.1) is 0 Å². The van der Waals surface area contributed by atoms with Crippen molar-refractivity contribution in [3.63, 3.8) is 0 Å². The number of likely N-dealkylation sites (N-methyl/N-ethyl adjacent to an activating group) is 1. The Morgan fingerprint density at radius 2 is 1.71 bits per heavy atom. The van der Waals surface area contributed by atoms with E-state index in [1.165, 1.54) is 12.2 Å². The summed E-state index contributed by atoms with van der Waals surface area (Å²) in [5.41, 5.74) is 0. The molecule has 1 fully saturated rings. The quantitative estimate of drug-likeness (QED) is 0.469. The number of nitrogens with zero attached hydrogens (tertiary/aromatic N) is 1. The highest BCUT2D eigenvalue weighted by Crippen LogP contribution is 2.22. The van der Waals surface area contributed by atoms with Gasteiger partial charge in [0.1, 0.15) is 18.3 Å². The first-order chi connectivity index (χ1) is 6.49. The van der Waals surface area contributed by atoms with Gasteiger partial charge in [-0.3, -0.25) is 4.84 Å². The van der Waals surface area contributed by atoms with E-state index >= 15 is 0 Å². The van der Waals surface area contributed by atoms with Crippen molar-refractivity contribution >= 4 is 0 Å². The second-order valence-electron chi connectivity index (χ2n) is 3.43. The largest absolute Gasteiger partial charge is 0.388 e. The summed E-state index contributed by atoms with van der Waals surface area (Å²) in [6.07, 6.45) is -4.80. The van der Waals surface area contributed by atoms with Gasteiger partial charge in [-0.05, 0) is 6.92 Å². The number of hydrogen-bond acceptors (Lipinski definition) is 6. The monoisotopic (exact) mass is 207 g/mol. The molecule has 1 heterocycles. The first-order valence-corrected chi connectivity index (χ1v) is 4.45. The normalized spacial score (nSPS) is 44.4. The lowest BCUT2D eigenvalue weighted by atomic mass is 9.99. The molecule has 1 saturated heterocycles.